The van der Waals surface area contributed by atoms with Crippen LogP contribution < -0.4 is 5.32 Å². The van der Waals surface area contributed by atoms with Crippen molar-refractivity contribution in [2.24, 2.45) is 0 Å². The van der Waals surface area contributed by atoms with Crippen molar-refractivity contribution in [1.29, 1.82) is 0 Å². The topological polar surface area (TPSA) is 32.3 Å². The number of fused-ring (bicyclic) bond motifs is 1. The molecule has 0 spiro atoms. The van der Waals surface area contributed by atoms with E-state index in [0.29, 0.717) is 6.42 Å². The number of rotatable bonds is 3. The van der Waals surface area contributed by atoms with Gasteiger partial charge in [0.05, 0.1) is 0 Å². The van der Waals surface area contributed by atoms with E-state index >= 15 is 0 Å². The van der Waals surface area contributed by atoms with Crippen LogP contribution in [0.2, 0.25) is 0 Å². The molecule has 3 nitrogen and oxygen atoms in total. The highest BCUT2D eigenvalue weighted by molar-refractivity contribution is 5.75. The Morgan fingerprint density at radius 2 is 2.24 bits per heavy atom. The lowest BCUT2D eigenvalue weighted by molar-refractivity contribution is -0.121. The maximum atomic E-state index is 11.2. The number of carbonyl (C=O) groups excluding carboxylic acids is 1. The van der Waals surface area contributed by atoms with E-state index in [9.17, 15) is 4.79 Å². The van der Waals surface area contributed by atoms with E-state index in [0.717, 1.165) is 26.1 Å². The molecule has 0 bridgehead atoms. The summed E-state index contributed by atoms with van der Waals surface area (Å²) in [5.74, 6) is 0.125. The molecule has 92 valence electrons. The fraction of sp³-hybridized carbons (Fsp3) is 0.500. The fourth-order valence-corrected chi connectivity index (χ4v) is 2.32. The Hall–Kier alpha value is -1.35. The third-order valence-electron chi connectivity index (χ3n) is 3.39. The Balaban J connectivity index is 1.94. The maximum absolute atomic E-state index is 11.2. The standard InChI is InChI=1S/C14H20N2O/c1-11-3-4-13-10-16(7-5-12(13)9-11)8-6-14(17)15-2/h3-4,9H,5-8,10H2,1-2H3,(H,15,17). The smallest absolute Gasteiger partial charge is 0.221 e. The van der Waals surface area contributed by atoms with Crippen molar-refractivity contribution in [3.05, 3.63) is 34.9 Å². The Kier molecular flexibility index (Phi) is 3.79. The van der Waals surface area contributed by atoms with E-state index in [2.05, 4.69) is 35.3 Å². The molecule has 0 saturated heterocycles. The zero-order chi connectivity index (χ0) is 12.3. The summed E-state index contributed by atoms with van der Waals surface area (Å²) >= 11 is 0. The Morgan fingerprint density at radius 3 is 3.00 bits per heavy atom. The van der Waals surface area contributed by atoms with Gasteiger partial charge in [-0.1, -0.05) is 23.8 Å². The van der Waals surface area contributed by atoms with Crippen LogP contribution in [0.1, 0.15) is 23.1 Å². The molecule has 17 heavy (non-hydrogen) atoms. The summed E-state index contributed by atoms with van der Waals surface area (Å²) in [5, 5.41) is 2.67. The molecule has 1 aromatic rings. The Morgan fingerprint density at radius 1 is 1.41 bits per heavy atom. The van der Waals surface area contributed by atoms with Crippen LogP contribution in [0, 0.1) is 6.92 Å². The first-order valence-corrected chi connectivity index (χ1v) is 6.20. The van der Waals surface area contributed by atoms with Gasteiger partial charge >= 0.3 is 0 Å². The molecule has 0 saturated carbocycles. The van der Waals surface area contributed by atoms with Crippen molar-refractivity contribution < 1.29 is 4.79 Å². The molecule has 1 aromatic carbocycles. The highest BCUT2D eigenvalue weighted by Gasteiger charge is 2.16. The molecule has 1 aliphatic rings. The highest BCUT2D eigenvalue weighted by atomic mass is 16.1. The molecule has 2 rings (SSSR count). The van der Waals surface area contributed by atoms with E-state index in [4.69, 9.17) is 0 Å². The molecule has 1 heterocycles. The van der Waals surface area contributed by atoms with Crippen molar-refractivity contribution in [3.63, 3.8) is 0 Å². The van der Waals surface area contributed by atoms with Gasteiger partial charge in [0.15, 0.2) is 0 Å². The summed E-state index contributed by atoms with van der Waals surface area (Å²) in [4.78, 5) is 13.6. The highest BCUT2D eigenvalue weighted by Crippen LogP contribution is 2.20. The maximum Gasteiger partial charge on any atom is 0.221 e. The molecule has 1 N–H and O–H groups in total. The second kappa shape index (κ2) is 5.32. The van der Waals surface area contributed by atoms with Gasteiger partial charge in [0.25, 0.3) is 0 Å². The molecular formula is C14H20N2O. The average Bonchev–Trinajstić information content (AvgIpc) is 2.35. The summed E-state index contributed by atoms with van der Waals surface area (Å²) in [5.41, 5.74) is 4.22. The number of nitrogens with one attached hydrogen (secondary N) is 1. The number of hydrogen-bond acceptors (Lipinski definition) is 2. The normalized spacial score (nSPS) is 15.4. The van der Waals surface area contributed by atoms with Gasteiger partial charge in [-0.3, -0.25) is 9.69 Å². The molecule has 1 amide bonds. The van der Waals surface area contributed by atoms with Gasteiger partial charge < -0.3 is 5.32 Å². The van der Waals surface area contributed by atoms with Crippen LogP contribution in [-0.4, -0.2) is 30.9 Å². The average molecular weight is 232 g/mol. The zero-order valence-corrected chi connectivity index (χ0v) is 10.6. The van der Waals surface area contributed by atoms with E-state index in [1.807, 2.05) is 0 Å². The Labute approximate surface area is 103 Å². The van der Waals surface area contributed by atoms with Crippen molar-refractivity contribution in [2.45, 2.75) is 26.3 Å². The van der Waals surface area contributed by atoms with E-state index < -0.39 is 0 Å². The summed E-state index contributed by atoms with van der Waals surface area (Å²) in [6.07, 6.45) is 1.70. The number of aryl methyl sites for hydroxylation is 1. The minimum atomic E-state index is 0.125. The largest absolute Gasteiger partial charge is 0.359 e. The van der Waals surface area contributed by atoms with Gasteiger partial charge in [0.2, 0.25) is 5.91 Å². The minimum Gasteiger partial charge on any atom is -0.359 e. The molecule has 0 unspecified atom stereocenters. The first-order chi connectivity index (χ1) is 8.19. The van der Waals surface area contributed by atoms with Crippen LogP contribution in [0.25, 0.3) is 0 Å². The van der Waals surface area contributed by atoms with E-state index in [1.54, 1.807) is 7.05 Å². The summed E-state index contributed by atoms with van der Waals surface area (Å²) in [7, 11) is 1.69. The van der Waals surface area contributed by atoms with Crippen LogP contribution in [0.3, 0.4) is 0 Å². The van der Waals surface area contributed by atoms with Gasteiger partial charge in [-0.25, -0.2) is 0 Å². The molecule has 0 atom stereocenters. The number of nitrogens with zero attached hydrogens (tertiary/aromatic N) is 1. The predicted molar refractivity (Wildman–Crippen MR) is 68.8 cm³/mol. The van der Waals surface area contributed by atoms with Gasteiger partial charge in [-0.05, 0) is 24.5 Å². The third kappa shape index (κ3) is 3.07. The van der Waals surface area contributed by atoms with Crippen molar-refractivity contribution in [2.75, 3.05) is 20.1 Å². The van der Waals surface area contributed by atoms with Gasteiger partial charge in [-0.2, -0.15) is 0 Å². The zero-order valence-electron chi connectivity index (χ0n) is 10.6. The van der Waals surface area contributed by atoms with Gasteiger partial charge in [0.1, 0.15) is 0 Å². The Bertz CT molecular complexity index is 415. The van der Waals surface area contributed by atoms with E-state index in [1.165, 1.54) is 16.7 Å². The molecule has 1 aliphatic heterocycles. The minimum absolute atomic E-state index is 0.125. The number of amides is 1. The quantitative estimate of drug-likeness (QED) is 0.856. The van der Waals surface area contributed by atoms with Crippen LogP contribution in [0.5, 0.6) is 0 Å². The fourth-order valence-electron chi connectivity index (χ4n) is 2.32. The van der Waals surface area contributed by atoms with Crippen LogP contribution in [0.4, 0.5) is 0 Å². The third-order valence-corrected chi connectivity index (χ3v) is 3.39. The van der Waals surface area contributed by atoms with E-state index in [-0.39, 0.29) is 5.91 Å². The molecule has 0 fully saturated rings. The monoisotopic (exact) mass is 232 g/mol. The summed E-state index contributed by atoms with van der Waals surface area (Å²) < 4.78 is 0. The predicted octanol–water partition coefficient (Wildman–Crippen LogP) is 1.49. The van der Waals surface area contributed by atoms with Gasteiger partial charge in [-0.15, -0.1) is 0 Å². The SMILES string of the molecule is CNC(=O)CCN1CCc2cc(C)ccc2C1. The first-order valence-electron chi connectivity index (χ1n) is 6.20. The van der Waals surface area contributed by atoms with Crippen molar-refractivity contribution >= 4 is 5.91 Å². The number of benzene rings is 1. The van der Waals surface area contributed by atoms with Crippen molar-refractivity contribution in [1.82, 2.24) is 10.2 Å². The summed E-state index contributed by atoms with van der Waals surface area (Å²) in [6.45, 7) is 5.03. The van der Waals surface area contributed by atoms with Crippen LogP contribution >= 0.6 is 0 Å². The summed E-state index contributed by atoms with van der Waals surface area (Å²) in [6, 6.07) is 6.67. The van der Waals surface area contributed by atoms with Crippen LogP contribution in [-0.2, 0) is 17.8 Å². The van der Waals surface area contributed by atoms with Gasteiger partial charge in [0, 0.05) is 33.1 Å². The molecule has 3 heteroatoms. The number of hydrogen-bond donors (Lipinski definition) is 1. The second-order valence-corrected chi connectivity index (χ2v) is 4.72. The van der Waals surface area contributed by atoms with Crippen molar-refractivity contribution in [3.8, 4) is 0 Å². The van der Waals surface area contributed by atoms with Crippen LogP contribution in [0.15, 0.2) is 18.2 Å². The molecule has 0 radical (unpaired) electrons. The molecule has 0 aliphatic carbocycles. The number of carbonyl (C=O) groups is 1. The first kappa shape index (κ1) is 12.1. The lowest BCUT2D eigenvalue weighted by Gasteiger charge is -2.28. The second-order valence-electron chi connectivity index (χ2n) is 4.72. The lowest BCUT2D eigenvalue weighted by atomic mass is 9.97. The molecular weight excluding hydrogens is 212 g/mol. The molecule has 0 aromatic heterocycles. The lowest BCUT2D eigenvalue weighted by Crippen LogP contribution is -2.33.